The number of carbonyl (C=O) groups is 2. The van der Waals surface area contributed by atoms with E-state index in [0.29, 0.717) is 30.8 Å². The number of hydrogen-bond donors (Lipinski definition) is 1. The van der Waals surface area contributed by atoms with Gasteiger partial charge in [0, 0.05) is 43.1 Å². The molecule has 0 bridgehead atoms. The molecule has 1 aliphatic heterocycles. The van der Waals surface area contributed by atoms with Gasteiger partial charge in [-0.1, -0.05) is 42.5 Å². The number of pyridine rings is 1. The number of aromatic nitrogens is 1. The summed E-state index contributed by atoms with van der Waals surface area (Å²) in [6.45, 7) is 3.83. The number of likely N-dealkylation sites (tertiary alicyclic amines) is 1. The summed E-state index contributed by atoms with van der Waals surface area (Å²) in [6, 6.07) is 21.0. The summed E-state index contributed by atoms with van der Waals surface area (Å²) >= 11 is 0. The summed E-state index contributed by atoms with van der Waals surface area (Å²) in [5, 5.41) is 3.23. The fourth-order valence-electron chi connectivity index (χ4n) is 5.59. The number of nitrogens with one attached hydrogen (secondary N) is 1. The topological polar surface area (TPSA) is 71.5 Å². The van der Waals surface area contributed by atoms with Gasteiger partial charge in [-0.2, -0.15) is 0 Å². The van der Waals surface area contributed by atoms with Gasteiger partial charge in [0.1, 0.15) is 0 Å². The number of hydrogen-bond acceptors (Lipinski definition) is 4. The van der Waals surface area contributed by atoms with E-state index in [9.17, 15) is 9.59 Å². The molecular weight excluding hydrogens is 426 g/mol. The fraction of sp³-hybridized carbons (Fsp3) is 0.321. The van der Waals surface area contributed by atoms with Crippen LogP contribution in [0.3, 0.4) is 0 Å². The second kappa shape index (κ2) is 9.39. The van der Waals surface area contributed by atoms with Gasteiger partial charge in [-0.3, -0.25) is 14.6 Å². The van der Waals surface area contributed by atoms with Gasteiger partial charge in [-0.25, -0.2) is 0 Å². The quantitative estimate of drug-likeness (QED) is 0.628. The molecule has 0 unspecified atom stereocenters. The highest BCUT2D eigenvalue weighted by Gasteiger charge is 2.54. The number of fused-ring (bicyclic) bond motifs is 2. The summed E-state index contributed by atoms with van der Waals surface area (Å²) in [6.07, 6.45) is 4.60. The van der Waals surface area contributed by atoms with E-state index < -0.39 is 0 Å². The molecule has 1 spiro atoms. The molecule has 2 amide bonds. The van der Waals surface area contributed by atoms with E-state index in [4.69, 9.17) is 4.74 Å². The minimum absolute atomic E-state index is 0.0659. The zero-order valence-corrected chi connectivity index (χ0v) is 19.3. The second-order valence-corrected chi connectivity index (χ2v) is 8.97. The van der Waals surface area contributed by atoms with Crippen molar-refractivity contribution in [2.75, 3.05) is 19.7 Å². The molecule has 2 atom stereocenters. The Morgan fingerprint density at radius 2 is 1.71 bits per heavy atom. The van der Waals surface area contributed by atoms with Gasteiger partial charge in [0.15, 0.2) is 0 Å². The van der Waals surface area contributed by atoms with E-state index in [2.05, 4.69) is 28.5 Å². The van der Waals surface area contributed by atoms with Crippen molar-refractivity contribution in [1.29, 1.82) is 0 Å². The summed E-state index contributed by atoms with van der Waals surface area (Å²) in [5.41, 5.74) is 3.30. The number of rotatable bonds is 5. The standard InChI is InChI=1S/C28H29N3O3/c1-2-34-25-24(30-26(32)21-11-8-16-29-19-21)22-12-6-7-13-23(22)28(25)14-17-31(18-15-28)27(33)20-9-4-3-5-10-20/h3-13,16,19,24-25H,2,14-15,17-18H2,1H3,(H,30,32)/t24-,25+/m0/s1. The van der Waals surface area contributed by atoms with Crippen LogP contribution in [0.15, 0.2) is 79.1 Å². The van der Waals surface area contributed by atoms with Crippen molar-refractivity contribution in [2.45, 2.75) is 37.3 Å². The van der Waals surface area contributed by atoms with Gasteiger partial charge in [-0.05, 0) is 55.2 Å². The van der Waals surface area contributed by atoms with Crippen LogP contribution in [0, 0.1) is 0 Å². The van der Waals surface area contributed by atoms with Crippen LogP contribution in [0.2, 0.25) is 0 Å². The Hall–Kier alpha value is -3.51. The molecule has 6 nitrogen and oxygen atoms in total. The second-order valence-electron chi connectivity index (χ2n) is 8.97. The molecule has 174 valence electrons. The maximum Gasteiger partial charge on any atom is 0.253 e. The smallest absolute Gasteiger partial charge is 0.253 e. The molecule has 1 saturated heterocycles. The molecule has 1 aromatic heterocycles. The fourth-order valence-corrected chi connectivity index (χ4v) is 5.59. The third kappa shape index (κ3) is 3.88. The molecule has 6 heteroatoms. The van der Waals surface area contributed by atoms with Gasteiger partial charge in [0.05, 0.1) is 17.7 Å². The van der Waals surface area contributed by atoms with Crippen molar-refractivity contribution in [1.82, 2.24) is 15.2 Å². The molecule has 1 fully saturated rings. The summed E-state index contributed by atoms with van der Waals surface area (Å²) in [7, 11) is 0. The van der Waals surface area contributed by atoms with Crippen molar-refractivity contribution in [3.8, 4) is 0 Å². The first-order valence-electron chi connectivity index (χ1n) is 11.9. The number of benzene rings is 2. The highest BCUT2D eigenvalue weighted by atomic mass is 16.5. The molecule has 1 aliphatic carbocycles. The molecular formula is C28H29N3O3. The van der Waals surface area contributed by atoms with Crippen LogP contribution in [0.4, 0.5) is 0 Å². The maximum absolute atomic E-state index is 13.1. The van der Waals surface area contributed by atoms with Crippen LogP contribution in [0.5, 0.6) is 0 Å². The maximum atomic E-state index is 13.1. The number of amides is 2. The molecule has 1 N–H and O–H groups in total. The van der Waals surface area contributed by atoms with Crippen molar-refractivity contribution in [3.05, 3.63) is 101 Å². The van der Waals surface area contributed by atoms with Gasteiger partial charge in [-0.15, -0.1) is 0 Å². The summed E-state index contributed by atoms with van der Waals surface area (Å²) < 4.78 is 6.37. The first kappa shape index (κ1) is 22.3. The third-order valence-electron chi connectivity index (χ3n) is 7.20. The van der Waals surface area contributed by atoms with Crippen molar-refractivity contribution >= 4 is 11.8 Å². The molecule has 2 aliphatic rings. The lowest BCUT2D eigenvalue weighted by atomic mass is 9.71. The highest BCUT2D eigenvalue weighted by Crippen LogP contribution is 2.52. The van der Waals surface area contributed by atoms with Crippen molar-refractivity contribution in [3.63, 3.8) is 0 Å². The number of ether oxygens (including phenoxy) is 1. The normalized spacial score (nSPS) is 20.7. The van der Waals surface area contributed by atoms with Crippen LogP contribution >= 0.6 is 0 Å². The average Bonchev–Trinajstić information content (AvgIpc) is 3.14. The van der Waals surface area contributed by atoms with E-state index in [1.54, 1.807) is 24.5 Å². The first-order valence-corrected chi connectivity index (χ1v) is 11.9. The van der Waals surface area contributed by atoms with E-state index >= 15 is 0 Å². The predicted octanol–water partition coefficient (Wildman–Crippen LogP) is 4.15. The lowest BCUT2D eigenvalue weighted by molar-refractivity contribution is -0.0305. The Bertz CT molecular complexity index is 1160. The molecule has 3 aromatic rings. The Morgan fingerprint density at radius 3 is 2.41 bits per heavy atom. The predicted molar refractivity (Wildman–Crippen MR) is 130 cm³/mol. The van der Waals surface area contributed by atoms with Crippen LogP contribution in [-0.4, -0.2) is 47.5 Å². The average molecular weight is 456 g/mol. The van der Waals surface area contributed by atoms with E-state index in [1.807, 2.05) is 48.2 Å². The van der Waals surface area contributed by atoms with Crippen LogP contribution in [0.1, 0.15) is 57.7 Å². The van der Waals surface area contributed by atoms with Gasteiger partial charge >= 0.3 is 0 Å². The molecule has 34 heavy (non-hydrogen) atoms. The number of carbonyl (C=O) groups excluding carboxylic acids is 2. The molecule has 2 aromatic carbocycles. The van der Waals surface area contributed by atoms with Gasteiger partial charge in [0.2, 0.25) is 0 Å². The third-order valence-corrected chi connectivity index (χ3v) is 7.20. The van der Waals surface area contributed by atoms with E-state index in [0.717, 1.165) is 18.4 Å². The van der Waals surface area contributed by atoms with Crippen LogP contribution in [0.25, 0.3) is 0 Å². The largest absolute Gasteiger partial charge is 0.375 e. The summed E-state index contributed by atoms with van der Waals surface area (Å²) in [4.78, 5) is 32.1. The van der Waals surface area contributed by atoms with Crippen LogP contribution < -0.4 is 5.32 Å². The van der Waals surface area contributed by atoms with E-state index in [1.165, 1.54) is 5.56 Å². The lowest BCUT2D eigenvalue weighted by Gasteiger charge is -2.44. The summed E-state index contributed by atoms with van der Waals surface area (Å²) in [5.74, 6) is -0.0949. The van der Waals surface area contributed by atoms with Gasteiger partial charge < -0.3 is 15.0 Å². The monoisotopic (exact) mass is 455 g/mol. The zero-order chi connectivity index (χ0) is 23.5. The Morgan fingerprint density at radius 1 is 1.00 bits per heavy atom. The Balaban J connectivity index is 1.43. The SMILES string of the molecule is CCO[C@@H]1[C@@H](NC(=O)c2cccnc2)c2ccccc2C12CCN(C(=O)c1ccccc1)CC2. The van der Waals surface area contributed by atoms with E-state index in [-0.39, 0.29) is 29.4 Å². The molecule has 0 radical (unpaired) electrons. The number of piperidine rings is 1. The molecule has 2 heterocycles. The lowest BCUT2D eigenvalue weighted by Crippen LogP contribution is -2.52. The van der Waals surface area contributed by atoms with Crippen molar-refractivity contribution < 1.29 is 14.3 Å². The molecule has 5 rings (SSSR count). The zero-order valence-electron chi connectivity index (χ0n) is 19.3. The van der Waals surface area contributed by atoms with Crippen LogP contribution in [-0.2, 0) is 10.2 Å². The Labute approximate surface area is 200 Å². The molecule has 0 saturated carbocycles. The number of nitrogens with zero attached hydrogens (tertiary/aromatic N) is 2. The minimum atomic E-state index is -0.264. The van der Waals surface area contributed by atoms with Gasteiger partial charge in [0.25, 0.3) is 11.8 Å². The highest BCUT2D eigenvalue weighted by molar-refractivity contribution is 5.95. The van der Waals surface area contributed by atoms with Crippen molar-refractivity contribution in [2.24, 2.45) is 0 Å². The minimum Gasteiger partial charge on any atom is -0.375 e. The first-order chi connectivity index (χ1) is 16.6. The Kier molecular flexibility index (Phi) is 6.16.